The Balaban J connectivity index is 1.92. The maximum atomic E-state index is 12.7. The van der Waals surface area contributed by atoms with Gasteiger partial charge >= 0.3 is 6.03 Å². The van der Waals surface area contributed by atoms with Crippen LogP contribution in [0, 0.1) is 6.92 Å². The third-order valence-corrected chi connectivity index (χ3v) is 4.24. The zero-order chi connectivity index (χ0) is 15.9. The van der Waals surface area contributed by atoms with Crippen molar-refractivity contribution in [3.05, 3.63) is 46.1 Å². The van der Waals surface area contributed by atoms with Gasteiger partial charge < -0.3 is 9.73 Å². The fourth-order valence-electron chi connectivity index (χ4n) is 2.43. The lowest BCUT2D eigenvalue weighted by Gasteiger charge is -2.23. The smallest absolute Gasteiger partial charge is 0.325 e. The van der Waals surface area contributed by atoms with Gasteiger partial charge in [-0.1, -0.05) is 34.1 Å². The summed E-state index contributed by atoms with van der Waals surface area (Å²) in [7, 11) is 0. The second-order valence-corrected chi connectivity index (χ2v) is 6.00. The van der Waals surface area contributed by atoms with Crippen LogP contribution in [0.4, 0.5) is 4.79 Å². The highest BCUT2D eigenvalue weighted by atomic mass is 79.9. The van der Waals surface area contributed by atoms with Crippen molar-refractivity contribution < 1.29 is 14.0 Å². The number of carbonyl (C=O) groups excluding carboxylic acids is 2. The summed E-state index contributed by atoms with van der Waals surface area (Å²) in [5, 5.41) is 10.2. The van der Waals surface area contributed by atoms with Gasteiger partial charge in [-0.3, -0.25) is 9.69 Å². The van der Waals surface area contributed by atoms with E-state index in [1.54, 1.807) is 19.9 Å². The molecule has 0 saturated carbocycles. The number of aromatic nitrogens is 2. The molecule has 0 bridgehead atoms. The molecule has 7 nitrogen and oxygen atoms in total. The number of hydrogen-bond acceptors (Lipinski definition) is 5. The predicted molar refractivity (Wildman–Crippen MR) is 79.6 cm³/mol. The molecule has 1 aliphatic heterocycles. The van der Waals surface area contributed by atoms with Crippen LogP contribution in [0.1, 0.15) is 24.3 Å². The Morgan fingerprint density at radius 2 is 2.05 bits per heavy atom. The number of benzene rings is 1. The predicted octanol–water partition coefficient (Wildman–Crippen LogP) is 2.11. The number of nitrogens with one attached hydrogen (secondary N) is 1. The van der Waals surface area contributed by atoms with Crippen LogP contribution in [-0.4, -0.2) is 27.0 Å². The molecular formula is C14H13BrN4O3. The molecular weight excluding hydrogens is 352 g/mol. The summed E-state index contributed by atoms with van der Waals surface area (Å²) in [4.78, 5) is 26.0. The number of carbonyl (C=O) groups is 2. The van der Waals surface area contributed by atoms with E-state index < -0.39 is 11.6 Å². The molecule has 2 heterocycles. The van der Waals surface area contributed by atoms with E-state index in [1.807, 2.05) is 18.2 Å². The van der Waals surface area contributed by atoms with E-state index in [2.05, 4.69) is 31.4 Å². The van der Waals surface area contributed by atoms with Crippen molar-refractivity contribution in [1.82, 2.24) is 20.4 Å². The van der Waals surface area contributed by atoms with Crippen LogP contribution in [0.25, 0.3) is 0 Å². The van der Waals surface area contributed by atoms with Gasteiger partial charge in [0.05, 0.1) is 0 Å². The molecule has 1 atom stereocenters. The van der Waals surface area contributed by atoms with Crippen LogP contribution in [0.2, 0.25) is 0 Å². The first-order valence-electron chi connectivity index (χ1n) is 6.60. The van der Waals surface area contributed by atoms with E-state index in [-0.39, 0.29) is 18.3 Å². The fraction of sp³-hybridized carbons (Fsp3) is 0.286. The second kappa shape index (κ2) is 5.20. The summed E-state index contributed by atoms with van der Waals surface area (Å²) in [5.41, 5.74) is -0.441. The molecule has 0 radical (unpaired) electrons. The second-order valence-electron chi connectivity index (χ2n) is 5.14. The molecule has 1 unspecified atom stereocenters. The van der Waals surface area contributed by atoms with Gasteiger partial charge in [0, 0.05) is 17.0 Å². The SMILES string of the molecule is Cc1nnc(CN2C(=O)NC(C)(c3ccccc3Br)C2=O)o1. The largest absolute Gasteiger partial charge is 0.424 e. The number of aryl methyl sites for hydroxylation is 1. The highest BCUT2D eigenvalue weighted by Crippen LogP contribution is 2.34. The van der Waals surface area contributed by atoms with Gasteiger partial charge in [-0.2, -0.15) is 0 Å². The lowest BCUT2D eigenvalue weighted by Crippen LogP contribution is -2.41. The van der Waals surface area contributed by atoms with Gasteiger partial charge in [0.1, 0.15) is 12.1 Å². The van der Waals surface area contributed by atoms with E-state index in [0.717, 1.165) is 9.37 Å². The van der Waals surface area contributed by atoms with E-state index in [9.17, 15) is 9.59 Å². The zero-order valence-corrected chi connectivity index (χ0v) is 13.5. The van der Waals surface area contributed by atoms with Crippen LogP contribution in [0.3, 0.4) is 0 Å². The third-order valence-electron chi connectivity index (χ3n) is 3.55. The molecule has 0 spiro atoms. The molecule has 1 aromatic heterocycles. The van der Waals surface area contributed by atoms with Crippen molar-refractivity contribution in [2.45, 2.75) is 25.9 Å². The molecule has 3 amide bonds. The molecule has 1 aliphatic rings. The Morgan fingerprint density at radius 1 is 1.32 bits per heavy atom. The standard InChI is InChI=1S/C14H13BrN4O3/c1-8-17-18-11(22-8)7-19-12(20)14(2,16-13(19)21)9-5-3-4-6-10(9)15/h3-6H,7H2,1-2H3,(H,16,21). The molecule has 1 fully saturated rings. The number of amides is 3. The number of halogens is 1. The normalized spacial score (nSPS) is 21.3. The molecule has 1 N–H and O–H groups in total. The molecule has 1 aromatic carbocycles. The van der Waals surface area contributed by atoms with E-state index >= 15 is 0 Å². The maximum Gasteiger partial charge on any atom is 0.325 e. The highest BCUT2D eigenvalue weighted by molar-refractivity contribution is 9.10. The number of nitrogens with zero attached hydrogens (tertiary/aromatic N) is 3. The minimum Gasteiger partial charge on any atom is -0.424 e. The Hall–Kier alpha value is -2.22. The van der Waals surface area contributed by atoms with Crippen molar-refractivity contribution in [2.75, 3.05) is 0 Å². The summed E-state index contributed by atoms with van der Waals surface area (Å²) in [6.07, 6.45) is 0. The van der Waals surface area contributed by atoms with Crippen molar-refractivity contribution in [1.29, 1.82) is 0 Å². The maximum absolute atomic E-state index is 12.7. The van der Waals surface area contributed by atoms with Gasteiger partial charge in [0.2, 0.25) is 11.8 Å². The molecule has 8 heteroatoms. The van der Waals surface area contributed by atoms with E-state index in [0.29, 0.717) is 11.5 Å². The van der Waals surface area contributed by atoms with Crippen molar-refractivity contribution in [2.24, 2.45) is 0 Å². The van der Waals surface area contributed by atoms with Gasteiger partial charge in [0.25, 0.3) is 5.91 Å². The minimum absolute atomic E-state index is 0.0501. The van der Waals surface area contributed by atoms with E-state index in [4.69, 9.17) is 4.42 Å². The molecule has 22 heavy (non-hydrogen) atoms. The summed E-state index contributed by atoms with van der Waals surface area (Å²) >= 11 is 3.42. The van der Waals surface area contributed by atoms with Crippen LogP contribution < -0.4 is 5.32 Å². The minimum atomic E-state index is -1.13. The zero-order valence-electron chi connectivity index (χ0n) is 12.0. The Labute approximate surface area is 134 Å². The fourth-order valence-corrected chi connectivity index (χ4v) is 3.11. The van der Waals surface area contributed by atoms with Crippen LogP contribution in [0.5, 0.6) is 0 Å². The highest BCUT2D eigenvalue weighted by Gasteiger charge is 2.50. The first-order chi connectivity index (χ1) is 10.4. The number of imide groups is 1. The topological polar surface area (TPSA) is 88.3 Å². The quantitative estimate of drug-likeness (QED) is 0.842. The monoisotopic (exact) mass is 364 g/mol. The Morgan fingerprint density at radius 3 is 2.68 bits per heavy atom. The summed E-state index contributed by atoms with van der Waals surface area (Å²) in [5.74, 6) is 0.244. The van der Waals surface area contributed by atoms with Gasteiger partial charge in [0.15, 0.2) is 0 Å². The Kier molecular flexibility index (Phi) is 3.48. The molecule has 3 rings (SSSR count). The average molecular weight is 365 g/mol. The first-order valence-corrected chi connectivity index (χ1v) is 7.39. The van der Waals surface area contributed by atoms with Gasteiger partial charge in [-0.05, 0) is 13.0 Å². The molecule has 0 aliphatic carbocycles. The molecule has 2 aromatic rings. The van der Waals surface area contributed by atoms with Crippen LogP contribution in [-0.2, 0) is 16.9 Å². The number of hydrogen-bond donors (Lipinski definition) is 1. The summed E-state index contributed by atoms with van der Waals surface area (Å²) < 4.78 is 5.99. The van der Waals surface area contributed by atoms with Crippen molar-refractivity contribution in [3.8, 4) is 0 Å². The lowest BCUT2D eigenvalue weighted by molar-refractivity contribution is -0.131. The van der Waals surface area contributed by atoms with Crippen molar-refractivity contribution in [3.63, 3.8) is 0 Å². The first kappa shape index (κ1) is 14.7. The van der Waals surface area contributed by atoms with Gasteiger partial charge in [-0.25, -0.2) is 4.79 Å². The summed E-state index contributed by atoms with van der Waals surface area (Å²) in [6, 6.07) is 6.79. The average Bonchev–Trinajstić information content (AvgIpc) is 2.97. The Bertz CT molecular complexity index is 760. The van der Waals surface area contributed by atoms with Crippen molar-refractivity contribution >= 4 is 27.9 Å². The van der Waals surface area contributed by atoms with E-state index in [1.165, 1.54) is 0 Å². The third kappa shape index (κ3) is 2.29. The van der Waals surface area contributed by atoms with Gasteiger partial charge in [-0.15, -0.1) is 10.2 Å². The number of rotatable bonds is 3. The van der Waals surface area contributed by atoms with Crippen LogP contribution in [0.15, 0.2) is 33.2 Å². The summed E-state index contributed by atoms with van der Waals surface area (Å²) in [6.45, 7) is 3.27. The lowest BCUT2D eigenvalue weighted by atomic mass is 9.92. The number of urea groups is 1. The molecule has 114 valence electrons. The van der Waals surface area contributed by atoms with Crippen LogP contribution >= 0.6 is 15.9 Å². The molecule has 1 saturated heterocycles.